The van der Waals surface area contributed by atoms with Gasteiger partial charge in [0.25, 0.3) is 5.91 Å². The van der Waals surface area contributed by atoms with Crippen molar-refractivity contribution >= 4 is 23.2 Å². The maximum Gasteiger partial charge on any atom is 0.274 e. The molecule has 1 aliphatic heterocycles. The zero-order valence-electron chi connectivity index (χ0n) is 16.1. The third kappa shape index (κ3) is 3.52. The number of aromatic nitrogens is 5. The lowest BCUT2D eigenvalue weighted by molar-refractivity contribution is 0.0699. The number of likely N-dealkylation sites (tertiary alicyclic amines) is 1. The number of amides is 1. The second-order valence-electron chi connectivity index (χ2n) is 7.35. The van der Waals surface area contributed by atoms with Gasteiger partial charge in [0.1, 0.15) is 11.3 Å². The highest BCUT2D eigenvalue weighted by Gasteiger charge is 2.27. The summed E-state index contributed by atoms with van der Waals surface area (Å²) in [5, 5.41) is 0.642. The van der Waals surface area contributed by atoms with Crippen LogP contribution in [0, 0.1) is 0 Å². The summed E-state index contributed by atoms with van der Waals surface area (Å²) < 4.78 is 1.94. The molecule has 150 valence electrons. The summed E-state index contributed by atoms with van der Waals surface area (Å²) in [6, 6.07) is 9.71. The van der Waals surface area contributed by atoms with Crippen LogP contribution in [0.1, 0.15) is 34.9 Å². The molecule has 1 fully saturated rings. The molecule has 30 heavy (non-hydrogen) atoms. The molecular weight excluding hydrogens is 400 g/mol. The van der Waals surface area contributed by atoms with Gasteiger partial charge in [-0.3, -0.25) is 19.2 Å². The zero-order valence-corrected chi connectivity index (χ0v) is 16.9. The number of hydrogen-bond donors (Lipinski definition) is 0. The number of nitrogens with zero attached hydrogens (tertiary/aromatic N) is 6. The standard InChI is InChI=1S/C22H19ClN6O/c23-16-6-7-21-26-12-20(29(21)14-16)18-5-1-4-17(27-18)15-3-2-10-28(13-15)22(30)19-11-24-8-9-25-19/h1,4-9,11-12,14-15H,2-3,10,13H2. The average molecular weight is 419 g/mol. The second-order valence-corrected chi connectivity index (χ2v) is 7.78. The van der Waals surface area contributed by atoms with Crippen molar-refractivity contribution < 1.29 is 4.79 Å². The minimum atomic E-state index is -0.0830. The summed E-state index contributed by atoms with van der Waals surface area (Å²) in [6.07, 6.45) is 10.2. The van der Waals surface area contributed by atoms with Gasteiger partial charge in [-0.1, -0.05) is 17.7 Å². The summed E-state index contributed by atoms with van der Waals surface area (Å²) in [7, 11) is 0. The van der Waals surface area contributed by atoms with E-state index in [4.69, 9.17) is 16.6 Å². The molecular formula is C22H19ClN6O. The van der Waals surface area contributed by atoms with E-state index in [1.165, 1.54) is 6.20 Å². The van der Waals surface area contributed by atoms with Crippen LogP contribution in [0.5, 0.6) is 0 Å². The molecule has 0 radical (unpaired) electrons. The molecule has 1 atom stereocenters. The van der Waals surface area contributed by atoms with Gasteiger partial charge in [-0.05, 0) is 37.1 Å². The van der Waals surface area contributed by atoms with Crippen molar-refractivity contribution in [3.8, 4) is 11.4 Å². The smallest absolute Gasteiger partial charge is 0.274 e. The number of piperidine rings is 1. The highest BCUT2D eigenvalue weighted by atomic mass is 35.5. The van der Waals surface area contributed by atoms with E-state index < -0.39 is 0 Å². The van der Waals surface area contributed by atoms with Crippen molar-refractivity contribution in [2.75, 3.05) is 13.1 Å². The Balaban J connectivity index is 1.42. The zero-order chi connectivity index (χ0) is 20.5. The Morgan fingerprint density at radius 1 is 1.10 bits per heavy atom. The van der Waals surface area contributed by atoms with Crippen LogP contribution in [-0.2, 0) is 0 Å². The molecule has 5 rings (SSSR count). The van der Waals surface area contributed by atoms with E-state index in [0.717, 1.165) is 42.1 Å². The van der Waals surface area contributed by atoms with Crippen molar-refractivity contribution in [1.29, 1.82) is 0 Å². The Morgan fingerprint density at radius 3 is 2.90 bits per heavy atom. The third-order valence-electron chi connectivity index (χ3n) is 5.41. The van der Waals surface area contributed by atoms with E-state index in [1.807, 2.05) is 52.0 Å². The highest BCUT2D eigenvalue weighted by Crippen LogP contribution is 2.29. The summed E-state index contributed by atoms with van der Waals surface area (Å²) in [6.45, 7) is 1.34. The van der Waals surface area contributed by atoms with Gasteiger partial charge in [-0.25, -0.2) is 9.97 Å². The van der Waals surface area contributed by atoms with Gasteiger partial charge in [-0.2, -0.15) is 0 Å². The van der Waals surface area contributed by atoms with Crippen molar-refractivity contribution in [1.82, 2.24) is 29.2 Å². The van der Waals surface area contributed by atoms with E-state index in [2.05, 4.69) is 15.0 Å². The van der Waals surface area contributed by atoms with Gasteiger partial charge in [0.15, 0.2) is 0 Å². The molecule has 7 nitrogen and oxygen atoms in total. The molecule has 0 bridgehead atoms. The lowest BCUT2D eigenvalue weighted by Crippen LogP contribution is -2.39. The van der Waals surface area contributed by atoms with Gasteiger partial charge < -0.3 is 4.90 Å². The van der Waals surface area contributed by atoms with Gasteiger partial charge in [0.2, 0.25) is 0 Å². The Labute approximate surface area is 178 Å². The first-order valence-electron chi connectivity index (χ1n) is 9.84. The largest absolute Gasteiger partial charge is 0.337 e. The third-order valence-corrected chi connectivity index (χ3v) is 5.64. The number of pyridine rings is 2. The molecule has 1 amide bonds. The van der Waals surface area contributed by atoms with Crippen LogP contribution >= 0.6 is 11.6 Å². The monoisotopic (exact) mass is 418 g/mol. The fraction of sp³-hybridized carbons (Fsp3) is 0.227. The summed E-state index contributed by atoms with van der Waals surface area (Å²) in [5.74, 6) is 0.0856. The first-order valence-corrected chi connectivity index (χ1v) is 10.2. The molecule has 8 heteroatoms. The SMILES string of the molecule is O=C(c1cnccn1)N1CCCC(c2cccc(-c3cnc4ccc(Cl)cn34)n2)C1. The van der Waals surface area contributed by atoms with Gasteiger partial charge >= 0.3 is 0 Å². The fourth-order valence-corrected chi connectivity index (χ4v) is 4.10. The number of carbonyl (C=O) groups excluding carboxylic acids is 1. The van der Waals surface area contributed by atoms with Gasteiger partial charge in [-0.15, -0.1) is 0 Å². The number of halogens is 1. The molecule has 1 aliphatic rings. The predicted octanol–water partition coefficient (Wildman–Crippen LogP) is 3.86. The Hall–Kier alpha value is -3.32. The molecule has 4 aromatic heterocycles. The molecule has 4 aromatic rings. The molecule has 1 unspecified atom stereocenters. The minimum absolute atomic E-state index is 0.0830. The number of carbonyl (C=O) groups is 1. The number of imidazole rings is 1. The predicted molar refractivity (Wildman–Crippen MR) is 113 cm³/mol. The van der Waals surface area contributed by atoms with Gasteiger partial charge in [0, 0.05) is 43.3 Å². The van der Waals surface area contributed by atoms with Crippen LogP contribution in [0.15, 0.2) is 61.3 Å². The van der Waals surface area contributed by atoms with Crippen LogP contribution in [0.25, 0.3) is 17.0 Å². The lowest BCUT2D eigenvalue weighted by Gasteiger charge is -2.32. The van der Waals surface area contributed by atoms with E-state index in [-0.39, 0.29) is 11.8 Å². The van der Waals surface area contributed by atoms with Crippen LogP contribution in [0.4, 0.5) is 0 Å². The van der Waals surface area contributed by atoms with Crippen molar-refractivity contribution in [3.05, 3.63) is 77.7 Å². The lowest BCUT2D eigenvalue weighted by atomic mass is 9.94. The summed E-state index contributed by atoms with van der Waals surface area (Å²) in [4.78, 5) is 32.2. The molecule has 0 aliphatic carbocycles. The Bertz CT molecular complexity index is 1210. The number of rotatable bonds is 3. The molecule has 0 saturated carbocycles. The van der Waals surface area contributed by atoms with Crippen LogP contribution in [-0.4, -0.2) is 48.2 Å². The first kappa shape index (κ1) is 18.7. The van der Waals surface area contributed by atoms with E-state index >= 15 is 0 Å². The minimum Gasteiger partial charge on any atom is -0.337 e. The van der Waals surface area contributed by atoms with Crippen molar-refractivity contribution in [2.24, 2.45) is 0 Å². The molecule has 0 aromatic carbocycles. The Morgan fingerprint density at radius 2 is 2.03 bits per heavy atom. The molecule has 0 spiro atoms. The van der Waals surface area contributed by atoms with Crippen LogP contribution in [0.3, 0.4) is 0 Å². The fourth-order valence-electron chi connectivity index (χ4n) is 3.94. The van der Waals surface area contributed by atoms with Crippen molar-refractivity contribution in [2.45, 2.75) is 18.8 Å². The molecule has 1 saturated heterocycles. The normalized spacial score (nSPS) is 16.7. The van der Waals surface area contributed by atoms with E-state index in [1.54, 1.807) is 12.4 Å². The van der Waals surface area contributed by atoms with E-state index in [9.17, 15) is 4.79 Å². The number of fused-ring (bicyclic) bond motifs is 1. The van der Waals surface area contributed by atoms with Crippen molar-refractivity contribution in [3.63, 3.8) is 0 Å². The maximum atomic E-state index is 12.8. The topological polar surface area (TPSA) is 76.3 Å². The quantitative estimate of drug-likeness (QED) is 0.505. The summed E-state index contributed by atoms with van der Waals surface area (Å²) >= 11 is 6.17. The Kier molecular flexibility index (Phi) is 4.88. The molecule has 5 heterocycles. The van der Waals surface area contributed by atoms with Crippen LogP contribution < -0.4 is 0 Å². The van der Waals surface area contributed by atoms with E-state index in [0.29, 0.717) is 17.3 Å². The summed E-state index contributed by atoms with van der Waals surface area (Å²) in [5.41, 5.74) is 3.89. The first-order chi connectivity index (χ1) is 14.7. The average Bonchev–Trinajstić information content (AvgIpc) is 3.22. The number of hydrogen-bond acceptors (Lipinski definition) is 5. The van der Waals surface area contributed by atoms with Crippen LogP contribution in [0.2, 0.25) is 5.02 Å². The maximum absolute atomic E-state index is 12.8. The molecule has 0 N–H and O–H groups in total. The van der Waals surface area contributed by atoms with Gasteiger partial charge in [0.05, 0.1) is 28.8 Å². The second kappa shape index (κ2) is 7.84. The highest BCUT2D eigenvalue weighted by molar-refractivity contribution is 6.30.